The lowest BCUT2D eigenvalue weighted by Gasteiger charge is -2.21. The van der Waals surface area contributed by atoms with E-state index in [2.05, 4.69) is 5.32 Å². The SMILES string of the molecule is CC(C)C(NC(=O)C1CC(=O)N(c2ccccc2C#N)C1)C(=O)O. The fourth-order valence-corrected chi connectivity index (χ4v) is 2.70. The maximum Gasteiger partial charge on any atom is 0.326 e. The van der Waals surface area contributed by atoms with Gasteiger partial charge in [0.2, 0.25) is 11.8 Å². The van der Waals surface area contributed by atoms with Crippen molar-refractivity contribution in [1.82, 2.24) is 5.32 Å². The van der Waals surface area contributed by atoms with E-state index in [4.69, 9.17) is 10.4 Å². The second-order valence-corrected chi connectivity index (χ2v) is 6.10. The molecule has 0 bridgehead atoms. The number of hydrogen-bond acceptors (Lipinski definition) is 4. The Morgan fingerprint density at radius 2 is 2.04 bits per heavy atom. The summed E-state index contributed by atoms with van der Waals surface area (Å²) in [6.45, 7) is 3.54. The van der Waals surface area contributed by atoms with Crippen molar-refractivity contribution in [3.05, 3.63) is 29.8 Å². The zero-order valence-corrected chi connectivity index (χ0v) is 13.5. The normalized spacial score (nSPS) is 18.3. The third-order valence-electron chi connectivity index (χ3n) is 4.04. The number of nitriles is 1. The summed E-state index contributed by atoms with van der Waals surface area (Å²) in [7, 11) is 0. The average molecular weight is 329 g/mol. The first-order valence-corrected chi connectivity index (χ1v) is 7.67. The van der Waals surface area contributed by atoms with Gasteiger partial charge in [-0.3, -0.25) is 9.59 Å². The van der Waals surface area contributed by atoms with Crippen LogP contribution < -0.4 is 10.2 Å². The summed E-state index contributed by atoms with van der Waals surface area (Å²) in [5, 5.41) is 20.8. The van der Waals surface area contributed by atoms with Gasteiger partial charge in [0.25, 0.3) is 0 Å². The highest BCUT2D eigenvalue weighted by Gasteiger charge is 2.37. The number of nitrogens with zero attached hydrogens (tertiary/aromatic N) is 2. The molecule has 1 aromatic rings. The second-order valence-electron chi connectivity index (χ2n) is 6.10. The number of carboxylic acid groups (broad SMARTS) is 1. The molecule has 1 fully saturated rings. The molecule has 2 unspecified atom stereocenters. The lowest BCUT2D eigenvalue weighted by molar-refractivity contribution is -0.143. The van der Waals surface area contributed by atoms with E-state index in [1.807, 2.05) is 6.07 Å². The number of benzene rings is 1. The molecule has 1 saturated heterocycles. The summed E-state index contributed by atoms with van der Waals surface area (Å²) in [6.07, 6.45) is -0.00394. The number of aliphatic carboxylic acids is 1. The van der Waals surface area contributed by atoms with Crippen LogP contribution in [-0.4, -0.2) is 35.5 Å². The number of anilines is 1. The third-order valence-corrected chi connectivity index (χ3v) is 4.04. The Hall–Kier alpha value is -2.88. The van der Waals surface area contributed by atoms with Crippen LogP contribution >= 0.6 is 0 Å². The molecular weight excluding hydrogens is 310 g/mol. The van der Waals surface area contributed by atoms with Crippen molar-refractivity contribution in [3.8, 4) is 6.07 Å². The van der Waals surface area contributed by atoms with Gasteiger partial charge in [0.05, 0.1) is 17.2 Å². The molecule has 2 rings (SSSR count). The van der Waals surface area contributed by atoms with Gasteiger partial charge in [-0.1, -0.05) is 26.0 Å². The zero-order valence-electron chi connectivity index (χ0n) is 13.5. The molecule has 7 nitrogen and oxygen atoms in total. The summed E-state index contributed by atoms with van der Waals surface area (Å²) in [5.41, 5.74) is 0.830. The van der Waals surface area contributed by atoms with Gasteiger partial charge in [0, 0.05) is 13.0 Å². The van der Waals surface area contributed by atoms with E-state index in [9.17, 15) is 14.4 Å². The molecule has 1 aliphatic rings. The van der Waals surface area contributed by atoms with Crippen LogP contribution in [-0.2, 0) is 14.4 Å². The van der Waals surface area contributed by atoms with E-state index in [1.54, 1.807) is 38.1 Å². The van der Waals surface area contributed by atoms with Crippen molar-refractivity contribution in [2.45, 2.75) is 26.3 Å². The Labute approximate surface area is 139 Å². The highest BCUT2D eigenvalue weighted by molar-refractivity contribution is 6.01. The maximum atomic E-state index is 12.3. The molecule has 24 heavy (non-hydrogen) atoms. The number of rotatable bonds is 5. The summed E-state index contributed by atoms with van der Waals surface area (Å²) >= 11 is 0. The van der Waals surface area contributed by atoms with Crippen molar-refractivity contribution in [2.24, 2.45) is 11.8 Å². The number of carbonyl (C=O) groups excluding carboxylic acids is 2. The molecule has 2 amide bonds. The summed E-state index contributed by atoms with van der Waals surface area (Å²) in [6, 6.07) is 7.72. The number of amides is 2. The number of hydrogen-bond donors (Lipinski definition) is 2. The van der Waals surface area contributed by atoms with E-state index in [1.165, 1.54) is 4.90 Å². The first-order chi connectivity index (χ1) is 11.3. The topological polar surface area (TPSA) is 111 Å². The minimum atomic E-state index is -1.10. The van der Waals surface area contributed by atoms with E-state index in [0.29, 0.717) is 11.3 Å². The highest BCUT2D eigenvalue weighted by atomic mass is 16.4. The minimum Gasteiger partial charge on any atom is -0.480 e. The van der Waals surface area contributed by atoms with Gasteiger partial charge in [0.1, 0.15) is 12.1 Å². The third kappa shape index (κ3) is 3.54. The van der Waals surface area contributed by atoms with E-state index >= 15 is 0 Å². The minimum absolute atomic E-state index is 0.00394. The molecule has 0 saturated carbocycles. The van der Waals surface area contributed by atoms with Crippen molar-refractivity contribution in [2.75, 3.05) is 11.4 Å². The van der Waals surface area contributed by atoms with Crippen molar-refractivity contribution in [3.63, 3.8) is 0 Å². The molecule has 126 valence electrons. The fourth-order valence-electron chi connectivity index (χ4n) is 2.70. The molecule has 1 aliphatic heterocycles. The first kappa shape index (κ1) is 17.5. The van der Waals surface area contributed by atoms with Gasteiger partial charge >= 0.3 is 5.97 Å². The van der Waals surface area contributed by atoms with Crippen LogP contribution in [0.4, 0.5) is 5.69 Å². The zero-order chi connectivity index (χ0) is 17.9. The summed E-state index contributed by atoms with van der Waals surface area (Å²) < 4.78 is 0. The lowest BCUT2D eigenvalue weighted by Crippen LogP contribution is -2.47. The summed E-state index contributed by atoms with van der Waals surface area (Å²) in [4.78, 5) is 37.2. The molecule has 0 aromatic heterocycles. The van der Waals surface area contributed by atoms with Crippen molar-refractivity contribution >= 4 is 23.5 Å². The first-order valence-electron chi connectivity index (χ1n) is 7.67. The van der Waals surface area contributed by atoms with Crippen molar-refractivity contribution < 1.29 is 19.5 Å². The maximum absolute atomic E-state index is 12.3. The average Bonchev–Trinajstić information content (AvgIpc) is 2.93. The predicted molar refractivity (Wildman–Crippen MR) is 86.0 cm³/mol. The Kier molecular flexibility index (Phi) is 5.19. The van der Waals surface area contributed by atoms with Gasteiger partial charge in [-0.15, -0.1) is 0 Å². The Balaban J connectivity index is 2.13. The Morgan fingerprint density at radius 3 is 2.62 bits per heavy atom. The van der Waals surface area contributed by atoms with Crippen LogP contribution in [0.25, 0.3) is 0 Å². The smallest absolute Gasteiger partial charge is 0.326 e. The number of carboxylic acids is 1. The monoisotopic (exact) mass is 329 g/mol. The highest BCUT2D eigenvalue weighted by Crippen LogP contribution is 2.28. The quantitative estimate of drug-likeness (QED) is 0.841. The predicted octanol–water partition coefficient (Wildman–Crippen LogP) is 1.14. The largest absolute Gasteiger partial charge is 0.480 e. The van der Waals surface area contributed by atoms with Crippen LogP contribution in [0, 0.1) is 23.2 Å². The van der Waals surface area contributed by atoms with Crippen LogP contribution in [0.15, 0.2) is 24.3 Å². The number of carbonyl (C=O) groups is 3. The van der Waals surface area contributed by atoms with Gasteiger partial charge < -0.3 is 15.3 Å². The number of nitrogens with one attached hydrogen (secondary N) is 1. The molecule has 0 aliphatic carbocycles. The van der Waals surface area contributed by atoms with E-state index in [-0.39, 0.29) is 24.8 Å². The lowest BCUT2D eigenvalue weighted by atomic mass is 10.0. The van der Waals surface area contributed by atoms with Gasteiger partial charge in [0.15, 0.2) is 0 Å². The molecule has 1 aromatic carbocycles. The molecule has 2 atom stereocenters. The van der Waals surface area contributed by atoms with Gasteiger partial charge in [-0.25, -0.2) is 4.79 Å². The van der Waals surface area contributed by atoms with E-state index < -0.39 is 23.8 Å². The second kappa shape index (κ2) is 7.13. The Bertz CT molecular complexity index is 708. The molecule has 1 heterocycles. The molecule has 7 heteroatoms. The van der Waals surface area contributed by atoms with Crippen LogP contribution in [0.5, 0.6) is 0 Å². The van der Waals surface area contributed by atoms with E-state index in [0.717, 1.165) is 0 Å². The summed E-state index contributed by atoms with van der Waals surface area (Å²) in [5.74, 6) is -2.71. The number of para-hydroxylation sites is 1. The molecule has 2 N–H and O–H groups in total. The standard InChI is InChI=1S/C17H19N3O4/c1-10(2)15(17(23)24)19-16(22)12-7-14(21)20(9-12)13-6-4-3-5-11(13)8-18/h3-6,10,12,15H,7,9H2,1-2H3,(H,19,22)(H,23,24). The van der Waals surface area contributed by atoms with Gasteiger partial charge in [-0.2, -0.15) is 5.26 Å². The van der Waals surface area contributed by atoms with Gasteiger partial charge in [-0.05, 0) is 18.1 Å². The van der Waals surface area contributed by atoms with Crippen LogP contribution in [0.3, 0.4) is 0 Å². The van der Waals surface area contributed by atoms with Crippen LogP contribution in [0.1, 0.15) is 25.8 Å². The fraction of sp³-hybridized carbons (Fsp3) is 0.412. The van der Waals surface area contributed by atoms with Crippen LogP contribution in [0.2, 0.25) is 0 Å². The molecule has 0 radical (unpaired) electrons. The Morgan fingerprint density at radius 1 is 1.38 bits per heavy atom. The molecular formula is C17H19N3O4. The van der Waals surface area contributed by atoms with Crippen molar-refractivity contribution in [1.29, 1.82) is 5.26 Å². The molecule has 0 spiro atoms.